The van der Waals surface area contributed by atoms with Gasteiger partial charge in [-0.2, -0.15) is 0 Å². The van der Waals surface area contributed by atoms with Crippen molar-refractivity contribution in [2.24, 2.45) is 0 Å². The van der Waals surface area contributed by atoms with Crippen LogP contribution in [0.25, 0.3) is 0 Å². The van der Waals surface area contributed by atoms with Crippen LogP contribution in [-0.2, 0) is 11.2 Å². The van der Waals surface area contributed by atoms with Crippen LogP contribution in [0.2, 0.25) is 0 Å². The Bertz CT molecular complexity index is 362. The maximum absolute atomic E-state index is 10.8. The summed E-state index contributed by atoms with van der Waals surface area (Å²) in [7, 11) is 0. The van der Waals surface area contributed by atoms with E-state index in [2.05, 4.69) is 5.32 Å². The van der Waals surface area contributed by atoms with Crippen LogP contribution in [-0.4, -0.2) is 17.1 Å². The van der Waals surface area contributed by atoms with Gasteiger partial charge in [-0.1, -0.05) is 24.3 Å². The van der Waals surface area contributed by atoms with Crippen molar-refractivity contribution < 1.29 is 9.90 Å². The van der Waals surface area contributed by atoms with E-state index in [-0.39, 0.29) is 6.04 Å². The normalized spacial score (nSPS) is 25.5. The molecule has 0 bridgehead atoms. The van der Waals surface area contributed by atoms with Crippen LogP contribution in [0.4, 0.5) is 0 Å². The fourth-order valence-corrected chi connectivity index (χ4v) is 1.97. The third-order valence-corrected chi connectivity index (χ3v) is 2.69. The molecule has 1 aromatic carbocycles. The van der Waals surface area contributed by atoms with Crippen molar-refractivity contribution in [2.45, 2.75) is 25.4 Å². The summed E-state index contributed by atoms with van der Waals surface area (Å²) in [4.78, 5) is 10.8. The van der Waals surface area contributed by atoms with Gasteiger partial charge in [0.15, 0.2) is 0 Å². The lowest BCUT2D eigenvalue weighted by molar-refractivity contribution is -0.139. The molecule has 0 saturated carbocycles. The summed E-state index contributed by atoms with van der Waals surface area (Å²) in [6, 6.07) is 7.67. The van der Waals surface area contributed by atoms with Gasteiger partial charge in [-0.15, -0.1) is 0 Å². The Labute approximate surface area is 82.8 Å². The molecular weight excluding hydrogens is 178 g/mol. The number of hydrogen-bond acceptors (Lipinski definition) is 2. The van der Waals surface area contributed by atoms with E-state index < -0.39 is 12.0 Å². The van der Waals surface area contributed by atoms with Gasteiger partial charge in [0, 0.05) is 6.04 Å². The average molecular weight is 191 g/mol. The maximum Gasteiger partial charge on any atom is 0.321 e. The molecule has 1 aromatic rings. The van der Waals surface area contributed by atoms with E-state index in [4.69, 9.17) is 5.11 Å². The number of hydrogen-bond donors (Lipinski definition) is 2. The maximum atomic E-state index is 10.8. The molecule has 0 aliphatic carbocycles. The van der Waals surface area contributed by atoms with Crippen LogP contribution in [0.5, 0.6) is 0 Å². The van der Waals surface area contributed by atoms with Gasteiger partial charge in [0.25, 0.3) is 0 Å². The second kappa shape index (κ2) is 3.42. The highest BCUT2D eigenvalue weighted by molar-refractivity contribution is 5.74. The molecule has 0 aromatic heterocycles. The molecule has 3 nitrogen and oxygen atoms in total. The van der Waals surface area contributed by atoms with Crippen LogP contribution in [0.3, 0.4) is 0 Å². The molecule has 0 fully saturated rings. The number of carboxylic acids is 1. The number of nitrogens with one attached hydrogen (secondary N) is 1. The number of rotatable bonds is 1. The monoisotopic (exact) mass is 191 g/mol. The average Bonchev–Trinajstić information content (AvgIpc) is 2.17. The first-order valence-electron chi connectivity index (χ1n) is 4.75. The standard InChI is InChI=1S/C11H13NO2/c1-7-9-5-3-2-4-8(9)6-10(12-7)11(13)14/h2-5,7,10,12H,6H2,1H3,(H,13,14)/t7?,10-/m1/s1. The lowest BCUT2D eigenvalue weighted by Crippen LogP contribution is -2.43. The van der Waals surface area contributed by atoms with Gasteiger partial charge in [-0.3, -0.25) is 10.1 Å². The largest absolute Gasteiger partial charge is 0.480 e. The summed E-state index contributed by atoms with van der Waals surface area (Å²) >= 11 is 0. The zero-order valence-corrected chi connectivity index (χ0v) is 8.03. The van der Waals surface area contributed by atoms with Crippen molar-refractivity contribution in [2.75, 3.05) is 0 Å². The first kappa shape index (κ1) is 9.21. The minimum Gasteiger partial charge on any atom is -0.480 e. The van der Waals surface area contributed by atoms with Gasteiger partial charge in [0.2, 0.25) is 0 Å². The summed E-state index contributed by atoms with van der Waals surface area (Å²) in [5, 5.41) is 12.0. The number of benzene rings is 1. The molecule has 2 atom stereocenters. The first-order chi connectivity index (χ1) is 6.68. The van der Waals surface area contributed by atoms with E-state index in [1.165, 1.54) is 5.56 Å². The summed E-state index contributed by atoms with van der Waals surface area (Å²) < 4.78 is 0. The molecule has 14 heavy (non-hydrogen) atoms. The lowest BCUT2D eigenvalue weighted by Gasteiger charge is -2.28. The second-order valence-electron chi connectivity index (χ2n) is 3.68. The predicted octanol–water partition coefficient (Wildman–Crippen LogP) is 1.35. The van der Waals surface area contributed by atoms with Gasteiger partial charge in [-0.25, -0.2) is 0 Å². The number of carboxylic acid groups (broad SMARTS) is 1. The number of carbonyl (C=O) groups is 1. The van der Waals surface area contributed by atoms with Crippen molar-refractivity contribution in [3.05, 3.63) is 35.4 Å². The molecule has 1 aliphatic rings. The molecule has 1 aliphatic heterocycles. The van der Waals surface area contributed by atoms with Crippen LogP contribution >= 0.6 is 0 Å². The van der Waals surface area contributed by atoms with Crippen molar-refractivity contribution in [1.29, 1.82) is 0 Å². The zero-order chi connectivity index (χ0) is 10.1. The molecule has 2 N–H and O–H groups in total. The molecule has 0 amide bonds. The second-order valence-corrected chi connectivity index (χ2v) is 3.68. The third-order valence-electron chi connectivity index (χ3n) is 2.69. The Hall–Kier alpha value is -1.35. The smallest absolute Gasteiger partial charge is 0.321 e. The molecule has 1 unspecified atom stereocenters. The highest BCUT2D eigenvalue weighted by atomic mass is 16.4. The molecule has 0 saturated heterocycles. The van der Waals surface area contributed by atoms with Crippen molar-refractivity contribution in [3.63, 3.8) is 0 Å². The third kappa shape index (κ3) is 1.51. The SMILES string of the molecule is CC1N[C@@H](C(=O)O)Cc2ccccc21. The summed E-state index contributed by atoms with van der Waals surface area (Å²) in [6.07, 6.45) is 0.579. The topological polar surface area (TPSA) is 49.3 Å². The molecule has 1 heterocycles. The predicted molar refractivity (Wildman–Crippen MR) is 53.1 cm³/mol. The van der Waals surface area contributed by atoms with Crippen molar-refractivity contribution in [1.82, 2.24) is 5.32 Å². The highest BCUT2D eigenvalue weighted by Crippen LogP contribution is 2.24. The van der Waals surface area contributed by atoms with Crippen molar-refractivity contribution >= 4 is 5.97 Å². The summed E-state index contributed by atoms with van der Waals surface area (Å²) in [5.74, 6) is -0.772. The highest BCUT2D eigenvalue weighted by Gasteiger charge is 2.27. The molecule has 3 heteroatoms. The van der Waals surface area contributed by atoms with E-state index in [0.717, 1.165) is 5.56 Å². The van der Waals surface area contributed by atoms with E-state index in [1.54, 1.807) is 0 Å². The van der Waals surface area contributed by atoms with Gasteiger partial charge >= 0.3 is 5.97 Å². The quantitative estimate of drug-likeness (QED) is 0.704. The Morgan fingerprint density at radius 1 is 1.50 bits per heavy atom. The van der Waals surface area contributed by atoms with Crippen LogP contribution in [0, 0.1) is 0 Å². The number of aliphatic carboxylic acids is 1. The Morgan fingerprint density at radius 2 is 2.21 bits per heavy atom. The Morgan fingerprint density at radius 3 is 2.93 bits per heavy atom. The summed E-state index contributed by atoms with van der Waals surface area (Å²) in [6.45, 7) is 1.99. The van der Waals surface area contributed by atoms with Gasteiger partial charge < -0.3 is 5.11 Å². The van der Waals surface area contributed by atoms with E-state index in [0.29, 0.717) is 6.42 Å². The Balaban J connectivity index is 2.33. The van der Waals surface area contributed by atoms with Crippen molar-refractivity contribution in [3.8, 4) is 0 Å². The molecule has 0 radical (unpaired) electrons. The summed E-state index contributed by atoms with van der Waals surface area (Å²) in [5.41, 5.74) is 2.36. The van der Waals surface area contributed by atoms with Gasteiger partial charge in [0.05, 0.1) is 0 Å². The fraction of sp³-hybridized carbons (Fsp3) is 0.364. The molecular formula is C11H13NO2. The fourth-order valence-electron chi connectivity index (χ4n) is 1.97. The van der Waals surface area contributed by atoms with Crippen LogP contribution in [0.15, 0.2) is 24.3 Å². The van der Waals surface area contributed by atoms with E-state index in [1.807, 2.05) is 31.2 Å². The molecule has 74 valence electrons. The minimum absolute atomic E-state index is 0.126. The van der Waals surface area contributed by atoms with Gasteiger partial charge in [0.1, 0.15) is 6.04 Å². The van der Waals surface area contributed by atoms with E-state index in [9.17, 15) is 4.79 Å². The number of fused-ring (bicyclic) bond motifs is 1. The lowest BCUT2D eigenvalue weighted by atomic mass is 9.91. The minimum atomic E-state index is -0.772. The Kier molecular flexibility index (Phi) is 2.25. The van der Waals surface area contributed by atoms with Gasteiger partial charge in [-0.05, 0) is 24.5 Å². The zero-order valence-electron chi connectivity index (χ0n) is 8.03. The van der Waals surface area contributed by atoms with Crippen LogP contribution in [0.1, 0.15) is 24.1 Å². The van der Waals surface area contributed by atoms with Crippen LogP contribution < -0.4 is 5.32 Å². The first-order valence-corrected chi connectivity index (χ1v) is 4.75. The molecule has 2 rings (SSSR count). The molecule has 0 spiro atoms. The van der Waals surface area contributed by atoms with E-state index >= 15 is 0 Å².